The molecular weight excluding hydrogens is 247 g/mol. The molecule has 1 aromatic heterocycles. The van der Waals surface area contributed by atoms with Crippen molar-refractivity contribution in [2.75, 3.05) is 7.05 Å². The molecule has 1 heterocycles. The molecule has 2 rings (SSSR count). The summed E-state index contributed by atoms with van der Waals surface area (Å²) in [7, 11) is 2.03. The summed E-state index contributed by atoms with van der Waals surface area (Å²) in [4.78, 5) is 2.16. The van der Waals surface area contributed by atoms with Crippen molar-refractivity contribution in [2.45, 2.75) is 19.6 Å². The highest BCUT2D eigenvalue weighted by molar-refractivity contribution is 7.07. The van der Waals surface area contributed by atoms with Gasteiger partial charge >= 0.3 is 0 Å². The Morgan fingerprint density at radius 2 is 2.06 bits per heavy atom. The van der Waals surface area contributed by atoms with Gasteiger partial charge in [-0.2, -0.15) is 11.3 Å². The first-order valence-corrected chi connectivity index (χ1v) is 6.80. The molecule has 18 heavy (non-hydrogen) atoms. The first-order chi connectivity index (χ1) is 8.69. The Labute approximate surface area is 111 Å². The number of hydrogen-bond donors (Lipinski definition) is 1. The van der Waals surface area contributed by atoms with Crippen LogP contribution in [0.15, 0.2) is 35.0 Å². The molecule has 1 aromatic carbocycles. The molecule has 0 saturated carbocycles. The second-order valence-electron chi connectivity index (χ2n) is 4.42. The van der Waals surface area contributed by atoms with E-state index in [0.717, 1.165) is 17.7 Å². The van der Waals surface area contributed by atoms with Crippen LogP contribution in [0.2, 0.25) is 0 Å². The maximum atomic E-state index is 13.3. The smallest absolute Gasteiger partial charge is 0.123 e. The van der Waals surface area contributed by atoms with Crippen LogP contribution in [-0.4, -0.2) is 11.9 Å². The van der Waals surface area contributed by atoms with Crippen molar-refractivity contribution in [2.24, 2.45) is 5.73 Å². The average Bonchev–Trinajstić information content (AvgIpc) is 2.82. The molecule has 0 spiro atoms. The van der Waals surface area contributed by atoms with E-state index < -0.39 is 0 Å². The van der Waals surface area contributed by atoms with E-state index in [4.69, 9.17) is 5.73 Å². The summed E-state index contributed by atoms with van der Waals surface area (Å²) in [5.41, 5.74) is 8.93. The first kappa shape index (κ1) is 13.2. The maximum Gasteiger partial charge on any atom is 0.123 e. The summed E-state index contributed by atoms with van der Waals surface area (Å²) in [6.07, 6.45) is 0. The molecule has 2 N–H and O–H groups in total. The van der Waals surface area contributed by atoms with Crippen molar-refractivity contribution >= 4 is 11.3 Å². The molecule has 0 unspecified atom stereocenters. The lowest BCUT2D eigenvalue weighted by atomic mass is 10.1. The van der Waals surface area contributed by atoms with Gasteiger partial charge < -0.3 is 5.73 Å². The highest BCUT2D eigenvalue weighted by Gasteiger charge is 2.07. The van der Waals surface area contributed by atoms with Crippen LogP contribution in [0.25, 0.3) is 0 Å². The predicted octanol–water partition coefficient (Wildman–Crippen LogP) is 2.98. The van der Waals surface area contributed by atoms with Crippen LogP contribution in [0, 0.1) is 5.82 Å². The maximum absolute atomic E-state index is 13.3. The van der Waals surface area contributed by atoms with E-state index in [2.05, 4.69) is 21.7 Å². The van der Waals surface area contributed by atoms with Gasteiger partial charge in [0.2, 0.25) is 0 Å². The summed E-state index contributed by atoms with van der Waals surface area (Å²) in [6, 6.07) is 6.91. The zero-order chi connectivity index (χ0) is 13.0. The molecule has 0 saturated heterocycles. The number of halogens is 1. The molecule has 0 atom stereocenters. The number of nitrogens with zero attached hydrogens (tertiary/aromatic N) is 1. The highest BCUT2D eigenvalue weighted by Crippen LogP contribution is 2.15. The van der Waals surface area contributed by atoms with Gasteiger partial charge in [-0.1, -0.05) is 6.07 Å². The van der Waals surface area contributed by atoms with Crippen molar-refractivity contribution in [3.63, 3.8) is 0 Å². The summed E-state index contributed by atoms with van der Waals surface area (Å²) < 4.78 is 13.3. The summed E-state index contributed by atoms with van der Waals surface area (Å²) in [6.45, 7) is 2.02. The number of rotatable bonds is 5. The molecule has 0 aliphatic heterocycles. The topological polar surface area (TPSA) is 29.3 Å². The minimum absolute atomic E-state index is 0.203. The lowest BCUT2D eigenvalue weighted by molar-refractivity contribution is 0.318. The van der Waals surface area contributed by atoms with Crippen LogP contribution in [0.1, 0.15) is 16.7 Å². The van der Waals surface area contributed by atoms with Crippen molar-refractivity contribution in [3.8, 4) is 0 Å². The van der Waals surface area contributed by atoms with Gasteiger partial charge in [-0.3, -0.25) is 4.90 Å². The molecule has 0 bridgehead atoms. The van der Waals surface area contributed by atoms with Crippen LogP contribution in [0.3, 0.4) is 0 Å². The lowest BCUT2D eigenvalue weighted by Gasteiger charge is -2.18. The van der Waals surface area contributed by atoms with Crippen LogP contribution >= 0.6 is 11.3 Å². The van der Waals surface area contributed by atoms with Gasteiger partial charge in [0.05, 0.1) is 0 Å². The summed E-state index contributed by atoms with van der Waals surface area (Å²) in [5, 5.41) is 4.20. The Bertz CT molecular complexity index is 497. The standard InChI is InChI=1S/C14H17FN2S/c1-17(8-11-4-5-18-10-11)9-13-6-14(15)3-2-12(13)7-16/h2-6,10H,7-9,16H2,1H3. The number of nitrogens with two attached hydrogens (primary N) is 1. The van der Waals surface area contributed by atoms with Crippen LogP contribution in [0.4, 0.5) is 4.39 Å². The quantitative estimate of drug-likeness (QED) is 0.899. The summed E-state index contributed by atoms with van der Waals surface area (Å²) in [5.74, 6) is -0.203. The molecule has 2 nitrogen and oxygen atoms in total. The zero-order valence-corrected chi connectivity index (χ0v) is 11.2. The molecular formula is C14H17FN2S. The van der Waals surface area contributed by atoms with E-state index >= 15 is 0 Å². The number of hydrogen-bond acceptors (Lipinski definition) is 3. The Morgan fingerprint density at radius 3 is 2.72 bits per heavy atom. The van der Waals surface area contributed by atoms with Gasteiger partial charge in [0.25, 0.3) is 0 Å². The molecule has 0 fully saturated rings. The van der Waals surface area contributed by atoms with Gasteiger partial charge in [-0.05, 0) is 52.7 Å². The molecule has 0 aliphatic carbocycles. The first-order valence-electron chi connectivity index (χ1n) is 5.86. The van der Waals surface area contributed by atoms with Gasteiger partial charge in [-0.25, -0.2) is 4.39 Å². The molecule has 4 heteroatoms. The fraction of sp³-hybridized carbons (Fsp3) is 0.286. The van der Waals surface area contributed by atoms with Crippen molar-refractivity contribution in [1.82, 2.24) is 4.90 Å². The normalized spacial score (nSPS) is 11.1. The Hall–Kier alpha value is -1.23. The second-order valence-corrected chi connectivity index (χ2v) is 5.20. The number of benzene rings is 1. The lowest BCUT2D eigenvalue weighted by Crippen LogP contribution is -2.18. The van der Waals surface area contributed by atoms with Gasteiger partial charge in [-0.15, -0.1) is 0 Å². The van der Waals surface area contributed by atoms with Crippen LogP contribution < -0.4 is 5.73 Å². The fourth-order valence-corrected chi connectivity index (χ4v) is 2.64. The van der Waals surface area contributed by atoms with Crippen molar-refractivity contribution < 1.29 is 4.39 Å². The minimum atomic E-state index is -0.203. The van der Waals surface area contributed by atoms with Crippen LogP contribution in [0.5, 0.6) is 0 Å². The fourth-order valence-electron chi connectivity index (χ4n) is 1.98. The second kappa shape index (κ2) is 6.09. The van der Waals surface area contributed by atoms with E-state index in [9.17, 15) is 4.39 Å². The van der Waals surface area contributed by atoms with E-state index in [1.807, 2.05) is 7.05 Å². The number of thiophene rings is 1. The molecule has 0 amide bonds. The minimum Gasteiger partial charge on any atom is -0.326 e. The van der Waals surface area contributed by atoms with E-state index in [1.54, 1.807) is 23.5 Å². The van der Waals surface area contributed by atoms with E-state index in [0.29, 0.717) is 13.1 Å². The van der Waals surface area contributed by atoms with Gasteiger partial charge in [0.15, 0.2) is 0 Å². The third kappa shape index (κ3) is 3.38. The highest BCUT2D eigenvalue weighted by atomic mass is 32.1. The molecule has 0 aliphatic rings. The molecule has 2 aromatic rings. The Kier molecular flexibility index (Phi) is 4.47. The van der Waals surface area contributed by atoms with Gasteiger partial charge in [0, 0.05) is 19.6 Å². The van der Waals surface area contributed by atoms with Crippen LogP contribution in [-0.2, 0) is 19.6 Å². The summed E-state index contributed by atoms with van der Waals surface area (Å²) >= 11 is 1.69. The Balaban J connectivity index is 2.06. The molecule has 96 valence electrons. The third-order valence-corrected chi connectivity index (χ3v) is 3.59. The van der Waals surface area contributed by atoms with E-state index in [1.165, 1.54) is 11.6 Å². The Morgan fingerprint density at radius 1 is 1.22 bits per heavy atom. The average molecular weight is 264 g/mol. The molecule has 0 radical (unpaired) electrons. The predicted molar refractivity (Wildman–Crippen MR) is 73.8 cm³/mol. The van der Waals surface area contributed by atoms with Gasteiger partial charge in [0.1, 0.15) is 5.82 Å². The van der Waals surface area contributed by atoms with E-state index in [-0.39, 0.29) is 5.82 Å². The van der Waals surface area contributed by atoms with Crippen molar-refractivity contribution in [1.29, 1.82) is 0 Å². The SMILES string of the molecule is CN(Cc1ccsc1)Cc1cc(F)ccc1CN. The largest absolute Gasteiger partial charge is 0.326 e. The van der Waals surface area contributed by atoms with Crippen molar-refractivity contribution in [3.05, 3.63) is 57.5 Å². The zero-order valence-electron chi connectivity index (χ0n) is 10.4. The third-order valence-electron chi connectivity index (χ3n) is 2.86. The monoisotopic (exact) mass is 264 g/mol.